The third-order valence-corrected chi connectivity index (χ3v) is 3.27. The molecular weight excluding hydrogens is 298 g/mol. The summed E-state index contributed by atoms with van der Waals surface area (Å²) >= 11 is 0. The number of methoxy groups -OCH3 is 1. The van der Waals surface area contributed by atoms with Crippen LogP contribution in [0.1, 0.15) is 33.3 Å². The summed E-state index contributed by atoms with van der Waals surface area (Å²) in [5, 5.41) is 6.88. The predicted octanol–water partition coefficient (Wildman–Crippen LogP) is 2.17. The van der Waals surface area contributed by atoms with Gasteiger partial charge < -0.3 is 14.8 Å². The largest absolute Gasteiger partial charge is 0.497 e. The number of hydrogen-bond acceptors (Lipinski definition) is 5. The maximum Gasteiger partial charge on any atom is 0.343 e. The average molecular weight is 317 g/mol. The Morgan fingerprint density at radius 3 is 2.74 bits per heavy atom. The monoisotopic (exact) mass is 317 g/mol. The Labute approximate surface area is 134 Å². The fourth-order valence-electron chi connectivity index (χ4n) is 2.19. The van der Waals surface area contributed by atoms with E-state index in [1.165, 1.54) is 11.8 Å². The molecule has 1 heterocycles. The molecule has 1 aromatic heterocycles. The van der Waals surface area contributed by atoms with E-state index < -0.39 is 5.97 Å². The molecule has 2 aromatic rings. The average Bonchev–Trinajstić information content (AvgIpc) is 2.81. The second-order valence-electron chi connectivity index (χ2n) is 4.84. The summed E-state index contributed by atoms with van der Waals surface area (Å²) in [4.78, 5) is 24.5. The summed E-state index contributed by atoms with van der Waals surface area (Å²) in [5.41, 5.74) is 1.16. The Hall–Kier alpha value is -2.83. The molecule has 23 heavy (non-hydrogen) atoms. The molecule has 7 heteroatoms. The first-order chi connectivity index (χ1) is 11.0. The van der Waals surface area contributed by atoms with Crippen molar-refractivity contribution >= 4 is 17.7 Å². The number of benzene rings is 1. The molecule has 7 nitrogen and oxygen atoms in total. The summed E-state index contributed by atoms with van der Waals surface area (Å²) in [6.07, 6.45) is 0. The van der Waals surface area contributed by atoms with Gasteiger partial charge in [0.2, 0.25) is 0 Å². The Kier molecular flexibility index (Phi) is 5.00. The van der Waals surface area contributed by atoms with Gasteiger partial charge in [0.25, 0.3) is 5.91 Å². The maximum absolute atomic E-state index is 12.4. The second kappa shape index (κ2) is 6.95. The maximum atomic E-state index is 12.4. The fraction of sp³-hybridized carbons (Fsp3) is 0.312. The lowest BCUT2D eigenvalue weighted by atomic mass is 10.2. The molecule has 1 N–H and O–H groups in total. The number of rotatable bonds is 5. The minimum absolute atomic E-state index is 0.246. The Morgan fingerprint density at radius 2 is 2.09 bits per heavy atom. The summed E-state index contributed by atoms with van der Waals surface area (Å²) in [6.45, 7) is 3.65. The van der Waals surface area contributed by atoms with Gasteiger partial charge in [0.05, 0.1) is 19.4 Å². The van der Waals surface area contributed by atoms with E-state index in [1.54, 1.807) is 45.2 Å². The van der Waals surface area contributed by atoms with E-state index >= 15 is 0 Å². The van der Waals surface area contributed by atoms with Crippen LogP contribution in [0.2, 0.25) is 0 Å². The Morgan fingerprint density at radius 1 is 1.35 bits per heavy atom. The standard InChI is InChI=1S/C16H19N3O4/c1-5-23-16(21)13-10(2)18-19(3)14(13)17-15(20)11-7-6-8-12(9-11)22-4/h6-9H,5H2,1-4H3,(H,17,20). The van der Waals surface area contributed by atoms with Crippen molar-refractivity contribution in [1.82, 2.24) is 9.78 Å². The molecule has 122 valence electrons. The van der Waals surface area contributed by atoms with Crippen molar-refractivity contribution in [3.63, 3.8) is 0 Å². The van der Waals surface area contributed by atoms with Crippen molar-refractivity contribution in [1.29, 1.82) is 0 Å². The zero-order valence-corrected chi connectivity index (χ0v) is 13.5. The van der Waals surface area contributed by atoms with Gasteiger partial charge in [0.15, 0.2) is 0 Å². The third kappa shape index (κ3) is 3.50. The van der Waals surface area contributed by atoms with Crippen molar-refractivity contribution in [3.05, 3.63) is 41.1 Å². The highest BCUT2D eigenvalue weighted by Crippen LogP contribution is 2.21. The van der Waals surface area contributed by atoms with Crippen LogP contribution in [0.15, 0.2) is 24.3 Å². The van der Waals surface area contributed by atoms with Crippen molar-refractivity contribution in [3.8, 4) is 5.75 Å². The molecular formula is C16H19N3O4. The number of amides is 1. The van der Waals surface area contributed by atoms with Gasteiger partial charge in [-0.1, -0.05) is 6.07 Å². The van der Waals surface area contributed by atoms with Gasteiger partial charge in [-0.25, -0.2) is 4.79 Å². The summed E-state index contributed by atoms with van der Waals surface area (Å²) in [5.74, 6) is -0.00489. The van der Waals surface area contributed by atoms with Crippen molar-refractivity contribution < 1.29 is 19.1 Å². The number of carbonyl (C=O) groups excluding carboxylic acids is 2. The van der Waals surface area contributed by atoms with Gasteiger partial charge in [0, 0.05) is 12.6 Å². The van der Waals surface area contributed by atoms with Gasteiger partial charge in [-0.2, -0.15) is 5.10 Å². The van der Waals surface area contributed by atoms with Crippen LogP contribution in [-0.4, -0.2) is 35.4 Å². The highest BCUT2D eigenvalue weighted by Gasteiger charge is 2.23. The number of ether oxygens (including phenoxy) is 2. The minimum atomic E-state index is -0.515. The summed E-state index contributed by atoms with van der Waals surface area (Å²) < 4.78 is 11.6. The molecule has 0 aliphatic heterocycles. The first-order valence-corrected chi connectivity index (χ1v) is 7.14. The SMILES string of the molecule is CCOC(=O)c1c(C)nn(C)c1NC(=O)c1cccc(OC)c1. The molecule has 0 bridgehead atoms. The molecule has 2 rings (SSSR count). The molecule has 0 radical (unpaired) electrons. The number of aryl methyl sites for hydroxylation is 2. The van der Waals surface area contributed by atoms with E-state index in [4.69, 9.17) is 9.47 Å². The molecule has 0 saturated heterocycles. The smallest absolute Gasteiger partial charge is 0.343 e. The van der Waals surface area contributed by atoms with Crippen LogP contribution in [0, 0.1) is 6.92 Å². The van der Waals surface area contributed by atoms with Gasteiger partial charge in [-0.05, 0) is 32.0 Å². The van der Waals surface area contributed by atoms with Crippen LogP contribution >= 0.6 is 0 Å². The summed E-state index contributed by atoms with van der Waals surface area (Å²) in [7, 11) is 3.18. The third-order valence-electron chi connectivity index (χ3n) is 3.27. The number of esters is 1. The molecule has 0 aliphatic carbocycles. The van der Waals surface area contributed by atoms with E-state index in [0.717, 1.165) is 0 Å². The number of anilines is 1. The molecule has 1 amide bonds. The van der Waals surface area contributed by atoms with E-state index in [2.05, 4.69) is 10.4 Å². The van der Waals surface area contributed by atoms with Crippen LogP contribution in [-0.2, 0) is 11.8 Å². The van der Waals surface area contributed by atoms with Gasteiger partial charge in [-0.15, -0.1) is 0 Å². The van der Waals surface area contributed by atoms with Gasteiger partial charge >= 0.3 is 5.97 Å². The molecule has 0 aliphatic rings. The van der Waals surface area contributed by atoms with Crippen LogP contribution in [0.5, 0.6) is 5.75 Å². The van der Waals surface area contributed by atoms with Crippen LogP contribution in [0.25, 0.3) is 0 Å². The number of nitrogens with one attached hydrogen (secondary N) is 1. The zero-order chi connectivity index (χ0) is 17.0. The fourth-order valence-corrected chi connectivity index (χ4v) is 2.19. The van der Waals surface area contributed by atoms with E-state index in [9.17, 15) is 9.59 Å². The van der Waals surface area contributed by atoms with Crippen LogP contribution in [0.3, 0.4) is 0 Å². The van der Waals surface area contributed by atoms with E-state index in [0.29, 0.717) is 22.8 Å². The first kappa shape index (κ1) is 16.5. The molecule has 0 fully saturated rings. The normalized spacial score (nSPS) is 10.3. The number of carbonyl (C=O) groups is 2. The van der Waals surface area contributed by atoms with E-state index in [-0.39, 0.29) is 18.1 Å². The van der Waals surface area contributed by atoms with E-state index in [1.807, 2.05) is 0 Å². The highest BCUT2D eigenvalue weighted by molar-refractivity contribution is 6.07. The Bertz CT molecular complexity index is 737. The quantitative estimate of drug-likeness (QED) is 0.855. The number of aromatic nitrogens is 2. The van der Waals surface area contributed by atoms with Crippen molar-refractivity contribution in [2.45, 2.75) is 13.8 Å². The molecule has 0 spiro atoms. The van der Waals surface area contributed by atoms with Gasteiger partial charge in [0.1, 0.15) is 17.1 Å². The first-order valence-electron chi connectivity index (χ1n) is 7.14. The number of nitrogens with zero attached hydrogens (tertiary/aromatic N) is 2. The van der Waals surface area contributed by atoms with Crippen molar-refractivity contribution in [2.75, 3.05) is 19.0 Å². The molecule has 0 saturated carbocycles. The van der Waals surface area contributed by atoms with Gasteiger partial charge in [-0.3, -0.25) is 9.48 Å². The molecule has 0 unspecified atom stereocenters. The number of hydrogen-bond donors (Lipinski definition) is 1. The summed E-state index contributed by atoms with van der Waals surface area (Å²) in [6, 6.07) is 6.73. The molecule has 0 atom stereocenters. The molecule has 1 aromatic carbocycles. The predicted molar refractivity (Wildman–Crippen MR) is 84.8 cm³/mol. The lowest BCUT2D eigenvalue weighted by Gasteiger charge is -2.09. The second-order valence-corrected chi connectivity index (χ2v) is 4.84. The lowest BCUT2D eigenvalue weighted by Crippen LogP contribution is -2.17. The van der Waals surface area contributed by atoms with Crippen molar-refractivity contribution in [2.24, 2.45) is 7.05 Å². The minimum Gasteiger partial charge on any atom is -0.497 e. The Balaban J connectivity index is 2.32. The zero-order valence-electron chi connectivity index (χ0n) is 13.5. The van der Waals surface area contributed by atoms with Crippen LogP contribution < -0.4 is 10.1 Å². The topological polar surface area (TPSA) is 82.5 Å². The highest BCUT2D eigenvalue weighted by atomic mass is 16.5. The lowest BCUT2D eigenvalue weighted by molar-refractivity contribution is 0.0526. The van der Waals surface area contributed by atoms with Crippen LogP contribution in [0.4, 0.5) is 5.82 Å².